The molecule has 3 rings (SSSR count). The maximum absolute atomic E-state index is 9.93. The van der Waals surface area contributed by atoms with Crippen molar-refractivity contribution in [3.05, 3.63) is 6.33 Å². The largest absolute Gasteiger partial charge is 0.390 e. The van der Waals surface area contributed by atoms with E-state index in [2.05, 4.69) is 15.0 Å². The van der Waals surface area contributed by atoms with E-state index in [-0.39, 0.29) is 18.2 Å². The standard InChI is InChI=1S/C10H14N6O3/c11-8-5-9(15-10(12)14-8)16(2-13-5)3-1-4(17)7(19)6(3)18/h2-4,6-7,17-19H,1H2,(H4,11,12,14,15)/t3-,4?,6-,7+/m1/s1. The lowest BCUT2D eigenvalue weighted by Crippen LogP contribution is -2.31. The van der Waals surface area contributed by atoms with E-state index in [4.69, 9.17) is 11.5 Å². The van der Waals surface area contributed by atoms with Crippen molar-refractivity contribution in [1.82, 2.24) is 19.5 Å². The van der Waals surface area contributed by atoms with Crippen LogP contribution in [0.1, 0.15) is 12.5 Å². The molecule has 0 bridgehead atoms. The molecular weight excluding hydrogens is 252 g/mol. The molecule has 0 spiro atoms. The molecule has 1 aliphatic carbocycles. The van der Waals surface area contributed by atoms with Gasteiger partial charge in [-0.3, -0.25) is 0 Å². The van der Waals surface area contributed by atoms with Gasteiger partial charge in [0.25, 0.3) is 0 Å². The second-order valence-electron chi connectivity index (χ2n) is 4.64. The molecule has 102 valence electrons. The molecule has 4 atom stereocenters. The van der Waals surface area contributed by atoms with E-state index in [1.165, 1.54) is 6.33 Å². The van der Waals surface area contributed by atoms with Crippen LogP contribution in [0.25, 0.3) is 11.2 Å². The molecule has 1 unspecified atom stereocenters. The van der Waals surface area contributed by atoms with Gasteiger partial charge < -0.3 is 31.4 Å². The Balaban J connectivity index is 2.11. The Morgan fingerprint density at radius 1 is 1.16 bits per heavy atom. The van der Waals surface area contributed by atoms with E-state index in [0.29, 0.717) is 11.2 Å². The highest BCUT2D eigenvalue weighted by Crippen LogP contribution is 2.33. The van der Waals surface area contributed by atoms with E-state index in [9.17, 15) is 15.3 Å². The van der Waals surface area contributed by atoms with Gasteiger partial charge in [-0.2, -0.15) is 9.97 Å². The number of rotatable bonds is 1. The van der Waals surface area contributed by atoms with Crippen LogP contribution in [-0.4, -0.2) is 53.2 Å². The van der Waals surface area contributed by atoms with Crippen LogP contribution in [0.4, 0.5) is 11.8 Å². The maximum Gasteiger partial charge on any atom is 0.224 e. The Hall–Kier alpha value is -1.97. The zero-order valence-electron chi connectivity index (χ0n) is 9.88. The minimum absolute atomic E-state index is 0.000309. The number of nitrogens with two attached hydrogens (primary N) is 2. The maximum atomic E-state index is 9.93. The lowest BCUT2D eigenvalue weighted by Gasteiger charge is -2.17. The van der Waals surface area contributed by atoms with Crippen molar-refractivity contribution < 1.29 is 15.3 Å². The third-order valence-electron chi connectivity index (χ3n) is 3.44. The van der Waals surface area contributed by atoms with Crippen molar-refractivity contribution in [3.8, 4) is 0 Å². The van der Waals surface area contributed by atoms with Gasteiger partial charge in [0.05, 0.1) is 18.5 Å². The summed E-state index contributed by atoms with van der Waals surface area (Å²) in [5, 5.41) is 29.1. The Morgan fingerprint density at radius 2 is 1.89 bits per heavy atom. The van der Waals surface area contributed by atoms with Crippen molar-refractivity contribution in [1.29, 1.82) is 0 Å². The van der Waals surface area contributed by atoms with Crippen LogP contribution >= 0.6 is 0 Å². The number of hydrogen-bond acceptors (Lipinski definition) is 8. The third kappa shape index (κ3) is 1.70. The van der Waals surface area contributed by atoms with E-state index in [1.807, 2.05) is 0 Å². The molecule has 1 saturated carbocycles. The average Bonchev–Trinajstić information content (AvgIpc) is 2.86. The van der Waals surface area contributed by atoms with E-state index in [0.717, 1.165) is 0 Å². The van der Waals surface area contributed by atoms with Gasteiger partial charge in [-0.25, -0.2) is 4.98 Å². The van der Waals surface area contributed by atoms with Crippen molar-refractivity contribution >= 4 is 22.9 Å². The number of imidazole rings is 1. The van der Waals surface area contributed by atoms with Crippen molar-refractivity contribution in [2.45, 2.75) is 30.8 Å². The number of aliphatic hydroxyl groups excluding tert-OH is 3. The molecule has 1 aliphatic rings. The summed E-state index contributed by atoms with van der Waals surface area (Å²) in [6.07, 6.45) is -1.66. The zero-order chi connectivity index (χ0) is 13.7. The fourth-order valence-electron chi connectivity index (χ4n) is 2.46. The van der Waals surface area contributed by atoms with Crippen LogP contribution < -0.4 is 11.5 Å². The molecule has 0 saturated heterocycles. The van der Waals surface area contributed by atoms with E-state index >= 15 is 0 Å². The highest BCUT2D eigenvalue weighted by molar-refractivity contribution is 5.82. The van der Waals surface area contributed by atoms with Gasteiger partial charge in [0.15, 0.2) is 11.5 Å². The average molecular weight is 266 g/mol. The van der Waals surface area contributed by atoms with Gasteiger partial charge in [-0.1, -0.05) is 0 Å². The summed E-state index contributed by atoms with van der Waals surface area (Å²) in [4.78, 5) is 11.9. The van der Waals surface area contributed by atoms with Gasteiger partial charge in [0, 0.05) is 0 Å². The van der Waals surface area contributed by atoms with Gasteiger partial charge in [0.1, 0.15) is 17.7 Å². The normalized spacial score (nSPS) is 31.1. The van der Waals surface area contributed by atoms with Gasteiger partial charge in [-0.05, 0) is 6.42 Å². The number of hydrogen-bond donors (Lipinski definition) is 5. The van der Waals surface area contributed by atoms with Crippen LogP contribution in [0.3, 0.4) is 0 Å². The monoisotopic (exact) mass is 266 g/mol. The Kier molecular flexibility index (Phi) is 2.55. The topological polar surface area (TPSA) is 156 Å². The second kappa shape index (κ2) is 4.02. The lowest BCUT2D eigenvalue weighted by atomic mass is 10.2. The minimum Gasteiger partial charge on any atom is -0.390 e. The van der Waals surface area contributed by atoms with Crippen LogP contribution in [-0.2, 0) is 0 Å². The summed E-state index contributed by atoms with van der Waals surface area (Å²) in [5.41, 5.74) is 12.0. The first-order valence-electron chi connectivity index (χ1n) is 5.78. The van der Waals surface area contributed by atoms with Gasteiger partial charge in [0.2, 0.25) is 5.95 Å². The molecular formula is C10H14N6O3. The molecule has 7 N–H and O–H groups in total. The van der Waals surface area contributed by atoms with Crippen LogP contribution in [0.15, 0.2) is 6.33 Å². The molecule has 9 heteroatoms. The summed E-state index contributed by atoms with van der Waals surface area (Å²) in [5.74, 6) is 0.148. The van der Waals surface area contributed by atoms with Gasteiger partial charge >= 0.3 is 0 Å². The number of fused-ring (bicyclic) bond motifs is 1. The SMILES string of the molecule is Nc1nc(N)c2ncn([C@@H]3CC(O)[C@H](O)[C@@H]3O)c2n1. The van der Waals surface area contributed by atoms with Crippen LogP contribution in [0, 0.1) is 0 Å². The number of aromatic nitrogens is 4. The summed E-state index contributed by atoms with van der Waals surface area (Å²) < 4.78 is 1.55. The number of aliphatic hydroxyl groups is 3. The van der Waals surface area contributed by atoms with Crippen molar-refractivity contribution in [2.75, 3.05) is 11.5 Å². The highest BCUT2D eigenvalue weighted by atomic mass is 16.4. The molecule has 0 aromatic carbocycles. The Bertz CT molecular complexity index is 629. The summed E-state index contributed by atoms with van der Waals surface area (Å²) in [6.45, 7) is 0. The minimum atomic E-state index is -1.20. The molecule has 2 aromatic heterocycles. The number of nitrogen functional groups attached to an aromatic ring is 2. The first-order valence-corrected chi connectivity index (χ1v) is 5.78. The van der Waals surface area contributed by atoms with Crippen LogP contribution in [0.5, 0.6) is 0 Å². The van der Waals surface area contributed by atoms with Gasteiger partial charge in [-0.15, -0.1) is 0 Å². The fraction of sp³-hybridized carbons (Fsp3) is 0.500. The Labute approximate surface area is 107 Å². The van der Waals surface area contributed by atoms with Crippen LogP contribution in [0.2, 0.25) is 0 Å². The molecule has 1 fully saturated rings. The predicted octanol–water partition coefficient (Wildman–Crippen LogP) is -1.98. The molecule has 0 amide bonds. The highest BCUT2D eigenvalue weighted by Gasteiger charge is 2.42. The molecule has 0 radical (unpaired) electrons. The first kappa shape index (κ1) is 12.1. The quantitative estimate of drug-likeness (QED) is 0.397. The number of anilines is 2. The van der Waals surface area contributed by atoms with Crippen molar-refractivity contribution in [3.63, 3.8) is 0 Å². The molecule has 2 aromatic rings. The first-order chi connectivity index (χ1) is 8.99. The van der Waals surface area contributed by atoms with E-state index < -0.39 is 24.4 Å². The third-order valence-corrected chi connectivity index (χ3v) is 3.44. The zero-order valence-corrected chi connectivity index (χ0v) is 9.88. The second-order valence-corrected chi connectivity index (χ2v) is 4.64. The van der Waals surface area contributed by atoms with E-state index in [1.54, 1.807) is 4.57 Å². The fourth-order valence-corrected chi connectivity index (χ4v) is 2.46. The summed E-state index contributed by atoms with van der Waals surface area (Å²) in [7, 11) is 0. The number of nitrogens with zero attached hydrogens (tertiary/aromatic N) is 4. The molecule has 9 nitrogen and oxygen atoms in total. The van der Waals surface area contributed by atoms with Crippen molar-refractivity contribution in [2.24, 2.45) is 0 Å². The molecule has 2 heterocycles. The Morgan fingerprint density at radius 3 is 2.53 bits per heavy atom. The lowest BCUT2D eigenvalue weighted by molar-refractivity contribution is -0.0244. The smallest absolute Gasteiger partial charge is 0.224 e. The molecule has 19 heavy (non-hydrogen) atoms. The predicted molar refractivity (Wildman–Crippen MR) is 65.8 cm³/mol. The summed E-state index contributed by atoms with van der Waals surface area (Å²) >= 11 is 0. The molecule has 0 aliphatic heterocycles. The summed E-state index contributed by atoms with van der Waals surface area (Å²) in [6, 6.07) is -0.538.